The molecule has 100 valence electrons. The highest BCUT2D eigenvalue weighted by Gasteiger charge is 2.25. The minimum Gasteiger partial charge on any atom is -0.365 e. The molecule has 1 aromatic carbocycles. The summed E-state index contributed by atoms with van der Waals surface area (Å²) in [6.45, 7) is 5.07. The second-order valence-corrected chi connectivity index (χ2v) is 4.15. The lowest BCUT2D eigenvalue weighted by molar-refractivity contribution is 0.0439. The number of rotatable bonds is 6. The highest BCUT2D eigenvalue weighted by molar-refractivity contribution is 5.97. The molecule has 0 amide bonds. The molecule has 0 saturated heterocycles. The van der Waals surface area contributed by atoms with Crippen LogP contribution in [0.15, 0.2) is 42.7 Å². The van der Waals surface area contributed by atoms with E-state index in [1.165, 1.54) is 0 Å². The van der Waals surface area contributed by atoms with Crippen molar-refractivity contribution in [3.05, 3.63) is 54.1 Å². The summed E-state index contributed by atoms with van der Waals surface area (Å²) < 4.78 is 7.44. The van der Waals surface area contributed by atoms with Gasteiger partial charge in [0.05, 0.1) is 0 Å². The molecule has 0 N–H and O–H groups in total. The molecule has 0 aliphatic heterocycles. The molecule has 1 atom stereocenters. The lowest BCUT2D eigenvalue weighted by atomic mass is 10.1. The van der Waals surface area contributed by atoms with Crippen LogP contribution in [0.4, 0.5) is 0 Å². The molecule has 0 aliphatic carbocycles. The number of benzene rings is 1. The zero-order valence-electron chi connectivity index (χ0n) is 11.2. The predicted molar refractivity (Wildman–Crippen MR) is 73.0 cm³/mol. The average Bonchev–Trinajstić information content (AvgIpc) is 2.93. The van der Waals surface area contributed by atoms with Crippen molar-refractivity contribution in [1.29, 1.82) is 0 Å². The van der Waals surface area contributed by atoms with E-state index in [0.29, 0.717) is 19.0 Å². The van der Waals surface area contributed by atoms with E-state index < -0.39 is 6.10 Å². The Morgan fingerprint density at radius 3 is 2.68 bits per heavy atom. The van der Waals surface area contributed by atoms with E-state index in [1.54, 1.807) is 12.4 Å². The van der Waals surface area contributed by atoms with E-state index in [1.807, 2.05) is 48.7 Å². The number of carbonyl (C=O) groups excluding carboxylic acids is 1. The predicted octanol–water partition coefficient (Wildman–Crippen LogP) is 2.86. The molecule has 4 heteroatoms. The number of imidazole rings is 1. The average molecular weight is 258 g/mol. The normalized spacial score (nSPS) is 12.3. The van der Waals surface area contributed by atoms with E-state index >= 15 is 0 Å². The number of ketones is 1. The largest absolute Gasteiger partial charge is 0.365 e. The number of nitrogens with zero attached hydrogens (tertiary/aromatic N) is 2. The molecule has 0 aliphatic rings. The van der Waals surface area contributed by atoms with Crippen molar-refractivity contribution >= 4 is 5.78 Å². The zero-order chi connectivity index (χ0) is 13.7. The Bertz CT molecular complexity index is 534. The second kappa shape index (κ2) is 6.29. The van der Waals surface area contributed by atoms with Crippen LogP contribution in [0, 0.1) is 0 Å². The molecule has 1 heterocycles. The Morgan fingerprint density at radius 1 is 1.32 bits per heavy atom. The highest BCUT2D eigenvalue weighted by atomic mass is 16.5. The van der Waals surface area contributed by atoms with Gasteiger partial charge in [-0.1, -0.05) is 30.3 Å². The van der Waals surface area contributed by atoms with E-state index in [-0.39, 0.29) is 5.78 Å². The fraction of sp³-hybridized carbons (Fsp3) is 0.333. The summed E-state index contributed by atoms with van der Waals surface area (Å²) in [6.07, 6.45) is 2.87. The molecule has 0 spiro atoms. The smallest absolute Gasteiger partial charge is 0.231 e. The van der Waals surface area contributed by atoms with Gasteiger partial charge in [-0.2, -0.15) is 0 Å². The summed E-state index contributed by atoms with van der Waals surface area (Å²) in [5, 5.41) is 0. The SMILES string of the molecule is CCOC(C(=O)c1nccn1CC)c1ccccc1. The van der Waals surface area contributed by atoms with Gasteiger partial charge in [0.25, 0.3) is 0 Å². The molecular weight excluding hydrogens is 240 g/mol. The Hall–Kier alpha value is -1.94. The van der Waals surface area contributed by atoms with Gasteiger partial charge in [-0.15, -0.1) is 0 Å². The third-order valence-corrected chi connectivity index (χ3v) is 2.95. The number of ether oxygens (including phenoxy) is 1. The Labute approximate surface area is 113 Å². The van der Waals surface area contributed by atoms with Crippen LogP contribution >= 0.6 is 0 Å². The van der Waals surface area contributed by atoms with Crippen LogP contribution in [-0.4, -0.2) is 21.9 Å². The van der Waals surface area contributed by atoms with Gasteiger partial charge in [-0.05, 0) is 19.4 Å². The lowest BCUT2D eigenvalue weighted by Crippen LogP contribution is -2.20. The summed E-state index contributed by atoms with van der Waals surface area (Å²) in [5.74, 6) is 0.352. The van der Waals surface area contributed by atoms with Crippen LogP contribution < -0.4 is 0 Å². The van der Waals surface area contributed by atoms with E-state index in [9.17, 15) is 4.79 Å². The van der Waals surface area contributed by atoms with Crippen molar-refractivity contribution in [3.63, 3.8) is 0 Å². The van der Waals surface area contributed by atoms with Crippen LogP contribution in [0.2, 0.25) is 0 Å². The minimum absolute atomic E-state index is 0.0973. The van der Waals surface area contributed by atoms with Gasteiger partial charge >= 0.3 is 0 Å². The first kappa shape index (κ1) is 13.5. The van der Waals surface area contributed by atoms with Crippen molar-refractivity contribution < 1.29 is 9.53 Å². The van der Waals surface area contributed by atoms with Crippen molar-refractivity contribution in [3.8, 4) is 0 Å². The molecule has 2 rings (SSSR count). The van der Waals surface area contributed by atoms with Gasteiger partial charge in [-0.25, -0.2) is 4.98 Å². The van der Waals surface area contributed by atoms with Crippen LogP contribution in [0.1, 0.15) is 36.1 Å². The Balaban J connectivity index is 2.32. The van der Waals surface area contributed by atoms with Crippen LogP contribution in [-0.2, 0) is 11.3 Å². The monoisotopic (exact) mass is 258 g/mol. The van der Waals surface area contributed by atoms with E-state index in [4.69, 9.17) is 4.74 Å². The van der Waals surface area contributed by atoms with Crippen LogP contribution in [0.5, 0.6) is 0 Å². The van der Waals surface area contributed by atoms with E-state index in [0.717, 1.165) is 5.56 Å². The highest BCUT2D eigenvalue weighted by Crippen LogP contribution is 2.21. The summed E-state index contributed by atoms with van der Waals surface area (Å²) >= 11 is 0. The Morgan fingerprint density at radius 2 is 2.05 bits per heavy atom. The molecule has 19 heavy (non-hydrogen) atoms. The summed E-state index contributed by atoms with van der Waals surface area (Å²) in [4.78, 5) is 16.7. The maximum atomic E-state index is 12.6. The van der Waals surface area contributed by atoms with Gasteiger partial charge in [-0.3, -0.25) is 4.79 Å². The maximum absolute atomic E-state index is 12.6. The van der Waals surface area contributed by atoms with Gasteiger partial charge < -0.3 is 9.30 Å². The minimum atomic E-state index is -0.584. The molecule has 1 unspecified atom stereocenters. The molecule has 4 nitrogen and oxygen atoms in total. The van der Waals surface area contributed by atoms with Crippen LogP contribution in [0.3, 0.4) is 0 Å². The Kier molecular flexibility index (Phi) is 4.47. The van der Waals surface area contributed by atoms with Gasteiger partial charge in [0, 0.05) is 25.5 Å². The number of Topliss-reactive ketones (excluding diaryl/α,β-unsaturated/α-hetero) is 1. The molecule has 2 aromatic rings. The fourth-order valence-corrected chi connectivity index (χ4v) is 2.02. The summed E-state index contributed by atoms with van der Waals surface area (Å²) in [5.41, 5.74) is 0.861. The zero-order valence-corrected chi connectivity index (χ0v) is 11.2. The standard InChI is InChI=1S/C15H18N2O2/c1-3-17-11-10-16-15(17)13(18)14(19-4-2)12-8-6-5-7-9-12/h5-11,14H,3-4H2,1-2H3. The second-order valence-electron chi connectivity index (χ2n) is 4.15. The van der Waals surface area contributed by atoms with E-state index in [2.05, 4.69) is 4.98 Å². The summed E-state index contributed by atoms with van der Waals surface area (Å²) in [7, 11) is 0. The number of hydrogen-bond acceptors (Lipinski definition) is 3. The quantitative estimate of drug-likeness (QED) is 0.748. The van der Waals surface area contributed by atoms with Crippen molar-refractivity contribution in [1.82, 2.24) is 9.55 Å². The number of aromatic nitrogens is 2. The first-order chi connectivity index (χ1) is 9.27. The third-order valence-electron chi connectivity index (χ3n) is 2.95. The topological polar surface area (TPSA) is 44.1 Å². The fourth-order valence-electron chi connectivity index (χ4n) is 2.02. The number of aryl methyl sites for hydroxylation is 1. The van der Waals surface area contributed by atoms with Gasteiger partial charge in [0.1, 0.15) is 6.10 Å². The molecular formula is C15H18N2O2. The molecule has 1 aromatic heterocycles. The maximum Gasteiger partial charge on any atom is 0.231 e. The first-order valence-electron chi connectivity index (χ1n) is 6.49. The van der Waals surface area contributed by atoms with Gasteiger partial charge in [0.2, 0.25) is 5.78 Å². The first-order valence-corrected chi connectivity index (χ1v) is 6.49. The number of hydrogen-bond donors (Lipinski definition) is 0. The van der Waals surface area contributed by atoms with Crippen LogP contribution in [0.25, 0.3) is 0 Å². The van der Waals surface area contributed by atoms with Crippen molar-refractivity contribution in [2.24, 2.45) is 0 Å². The number of carbonyl (C=O) groups is 1. The summed E-state index contributed by atoms with van der Waals surface area (Å²) in [6, 6.07) is 9.53. The van der Waals surface area contributed by atoms with Crippen molar-refractivity contribution in [2.75, 3.05) is 6.61 Å². The van der Waals surface area contributed by atoms with Gasteiger partial charge in [0.15, 0.2) is 5.82 Å². The molecule has 0 fully saturated rings. The van der Waals surface area contributed by atoms with Crippen molar-refractivity contribution in [2.45, 2.75) is 26.5 Å². The molecule has 0 saturated carbocycles. The third kappa shape index (κ3) is 2.90. The molecule has 0 bridgehead atoms. The molecule has 0 radical (unpaired) electrons. The lowest BCUT2D eigenvalue weighted by Gasteiger charge is -2.16.